The molecule has 0 fully saturated rings. The number of hydrogen-bond acceptors (Lipinski definition) is 11. The van der Waals surface area contributed by atoms with Gasteiger partial charge in [0.25, 0.3) is 11.8 Å². The molecular weight excluding hydrogens is 704 g/mol. The van der Waals surface area contributed by atoms with Crippen molar-refractivity contribution in [3.8, 4) is 28.2 Å². The fourth-order valence-corrected chi connectivity index (χ4v) is 6.04. The molecule has 7 N–H and O–H groups in total. The lowest BCUT2D eigenvalue weighted by molar-refractivity contribution is 0.0697. The number of hydrogen-bond donors (Lipinski definition) is 7. The van der Waals surface area contributed by atoms with Gasteiger partial charge in [-0.1, -0.05) is 24.3 Å². The van der Waals surface area contributed by atoms with E-state index < -0.39 is 11.9 Å². The second kappa shape index (κ2) is 15.6. The standard InChI is InChI=1S/C41H32N6O8/c48-22-23-3-1-5-26(17-23)45-36-13-14-44-41(47-36)46-27-6-2-4-24(18-27)38(51)42-15-16-43-39(52)25-7-10-30(33(19-25)40(53)54)37-31-11-8-28(49)20-34(31)55-35-21-29(50)9-12-32(35)37/h1-14,17-21,48-49H,15-16,22H2,(H,42,51)(H,43,52)(H,53,54)(H2,44,45,46,47). The molecule has 274 valence electrons. The lowest BCUT2D eigenvalue weighted by Gasteiger charge is -2.17. The Labute approximate surface area is 312 Å². The summed E-state index contributed by atoms with van der Waals surface area (Å²) in [5, 5.41) is 41.9. The second-order valence-electron chi connectivity index (χ2n) is 12.3. The van der Waals surface area contributed by atoms with Crippen LogP contribution in [-0.4, -0.2) is 56.2 Å². The van der Waals surface area contributed by atoms with Crippen LogP contribution in [-0.2, 0) is 6.61 Å². The van der Waals surface area contributed by atoms with Crippen molar-refractivity contribution in [3.63, 3.8) is 0 Å². The summed E-state index contributed by atoms with van der Waals surface area (Å²) in [4.78, 5) is 59.5. The van der Waals surface area contributed by atoms with Crippen LogP contribution in [0, 0.1) is 0 Å². The number of fused-ring (bicyclic) bond motifs is 2. The molecule has 1 aliphatic heterocycles. The first kappa shape index (κ1) is 35.8. The summed E-state index contributed by atoms with van der Waals surface area (Å²) in [6.07, 6.45) is 1.58. The van der Waals surface area contributed by atoms with Crippen molar-refractivity contribution >= 4 is 51.9 Å². The molecule has 0 bridgehead atoms. The summed E-state index contributed by atoms with van der Waals surface area (Å²) >= 11 is 0. The molecule has 7 rings (SSSR count). The minimum absolute atomic E-state index is 0.0536. The van der Waals surface area contributed by atoms with E-state index in [1.54, 1.807) is 48.7 Å². The van der Waals surface area contributed by atoms with Crippen LogP contribution in [0.5, 0.6) is 5.75 Å². The predicted octanol–water partition coefficient (Wildman–Crippen LogP) is 5.90. The molecule has 2 aliphatic rings. The number of aliphatic hydroxyl groups is 1. The van der Waals surface area contributed by atoms with Gasteiger partial charge in [0.05, 0.1) is 12.2 Å². The predicted molar refractivity (Wildman–Crippen MR) is 205 cm³/mol. The average molecular weight is 737 g/mol. The third-order valence-corrected chi connectivity index (χ3v) is 8.57. The van der Waals surface area contributed by atoms with Crippen LogP contribution >= 0.6 is 0 Å². The minimum Gasteiger partial charge on any atom is -0.508 e. The summed E-state index contributed by atoms with van der Waals surface area (Å²) in [5.74, 6) is -1.27. The Hall–Kier alpha value is -7.58. The number of aliphatic hydroxyl groups excluding tert-OH is 1. The lowest BCUT2D eigenvalue weighted by Crippen LogP contribution is -2.34. The molecule has 55 heavy (non-hydrogen) atoms. The van der Waals surface area contributed by atoms with Gasteiger partial charge in [0.1, 0.15) is 22.9 Å². The van der Waals surface area contributed by atoms with Gasteiger partial charge in [-0.2, -0.15) is 4.98 Å². The van der Waals surface area contributed by atoms with Gasteiger partial charge in [0, 0.05) is 70.4 Å². The summed E-state index contributed by atoms with van der Waals surface area (Å²) in [6.45, 7) is 0.0541. The van der Waals surface area contributed by atoms with Crippen molar-refractivity contribution in [2.24, 2.45) is 0 Å². The monoisotopic (exact) mass is 736 g/mol. The summed E-state index contributed by atoms with van der Waals surface area (Å²) in [5.41, 5.74) is 3.50. The van der Waals surface area contributed by atoms with Gasteiger partial charge < -0.3 is 41.0 Å². The molecule has 5 aromatic rings. The molecule has 0 atom stereocenters. The van der Waals surface area contributed by atoms with Crippen molar-refractivity contribution in [1.29, 1.82) is 0 Å². The number of aromatic carboxylic acids is 1. The largest absolute Gasteiger partial charge is 0.508 e. The van der Waals surface area contributed by atoms with E-state index in [1.165, 1.54) is 42.5 Å². The zero-order valence-corrected chi connectivity index (χ0v) is 28.9. The number of carbonyl (C=O) groups excluding carboxylic acids is 2. The van der Waals surface area contributed by atoms with Crippen LogP contribution in [0.15, 0.2) is 125 Å². The molecule has 2 heterocycles. The number of amides is 2. The zero-order chi connectivity index (χ0) is 38.5. The highest BCUT2D eigenvalue weighted by Gasteiger charge is 2.23. The number of aromatic hydroxyl groups is 1. The van der Waals surface area contributed by atoms with E-state index in [0.717, 1.165) is 11.3 Å². The Bertz CT molecular complexity index is 2620. The van der Waals surface area contributed by atoms with E-state index in [0.29, 0.717) is 39.5 Å². The number of benzene rings is 5. The highest BCUT2D eigenvalue weighted by atomic mass is 16.4. The first-order chi connectivity index (χ1) is 26.6. The number of aromatic nitrogens is 2. The Kier molecular flexibility index (Phi) is 10.1. The topological polar surface area (TPSA) is 216 Å². The van der Waals surface area contributed by atoms with E-state index in [1.807, 2.05) is 24.3 Å². The fourth-order valence-electron chi connectivity index (χ4n) is 6.04. The average Bonchev–Trinajstić information content (AvgIpc) is 3.18. The molecular formula is C41H32N6O8. The van der Waals surface area contributed by atoms with Crippen LogP contribution in [0.3, 0.4) is 0 Å². The molecule has 0 spiro atoms. The van der Waals surface area contributed by atoms with E-state index in [4.69, 9.17) is 4.42 Å². The number of carbonyl (C=O) groups is 3. The summed E-state index contributed by atoms with van der Waals surface area (Å²) in [6, 6.07) is 28.6. The Morgan fingerprint density at radius 2 is 1.45 bits per heavy atom. The molecule has 2 amide bonds. The van der Waals surface area contributed by atoms with E-state index >= 15 is 0 Å². The smallest absolute Gasteiger partial charge is 0.336 e. The van der Waals surface area contributed by atoms with Crippen molar-refractivity contribution in [3.05, 3.63) is 148 Å². The zero-order valence-electron chi connectivity index (χ0n) is 28.9. The number of carboxylic acids is 1. The van der Waals surface area contributed by atoms with Crippen molar-refractivity contribution in [2.45, 2.75) is 6.61 Å². The Morgan fingerprint density at radius 3 is 2.22 bits per heavy atom. The van der Waals surface area contributed by atoms with Crippen molar-refractivity contribution < 1.29 is 34.1 Å². The van der Waals surface area contributed by atoms with Crippen LogP contribution < -0.4 is 26.7 Å². The number of nitrogens with zero attached hydrogens (tertiary/aromatic N) is 2. The number of phenols is 1. The quantitative estimate of drug-likeness (QED) is 0.0577. The van der Waals surface area contributed by atoms with Gasteiger partial charge in [0.15, 0.2) is 5.43 Å². The third kappa shape index (κ3) is 8.09. The van der Waals surface area contributed by atoms with Crippen LogP contribution in [0.1, 0.15) is 36.6 Å². The molecule has 0 radical (unpaired) electrons. The number of carboxylic acid groups (broad SMARTS) is 1. The van der Waals surface area contributed by atoms with Gasteiger partial charge >= 0.3 is 5.97 Å². The van der Waals surface area contributed by atoms with Gasteiger partial charge in [0.2, 0.25) is 5.95 Å². The van der Waals surface area contributed by atoms with Crippen molar-refractivity contribution in [2.75, 3.05) is 23.7 Å². The van der Waals surface area contributed by atoms with Crippen LogP contribution in [0.2, 0.25) is 0 Å². The minimum atomic E-state index is -1.28. The third-order valence-electron chi connectivity index (χ3n) is 8.57. The number of anilines is 4. The van der Waals surface area contributed by atoms with Gasteiger partial charge in [-0.15, -0.1) is 0 Å². The number of rotatable bonds is 12. The molecule has 14 heteroatoms. The highest BCUT2D eigenvalue weighted by molar-refractivity contribution is 6.09. The SMILES string of the molecule is O=C(NCCNC(=O)c1ccc(-c2c3ccc(=O)cc-3oc3cc(O)ccc23)c(C(=O)O)c1)c1cccc(Nc2nccc(Nc3cccc(CO)c3)n2)c1. The first-order valence-electron chi connectivity index (χ1n) is 17.0. The molecule has 0 saturated carbocycles. The van der Waals surface area contributed by atoms with Crippen LogP contribution in [0.4, 0.5) is 23.1 Å². The van der Waals surface area contributed by atoms with E-state index in [-0.39, 0.29) is 64.8 Å². The molecule has 1 aromatic heterocycles. The maximum atomic E-state index is 13.1. The number of phenolic OH excluding ortho intramolecular Hbond substituents is 1. The summed E-state index contributed by atoms with van der Waals surface area (Å²) in [7, 11) is 0. The van der Waals surface area contributed by atoms with Gasteiger partial charge in [-0.25, -0.2) is 9.78 Å². The van der Waals surface area contributed by atoms with Crippen LogP contribution in [0.25, 0.3) is 33.4 Å². The maximum absolute atomic E-state index is 13.1. The lowest BCUT2D eigenvalue weighted by atomic mass is 9.90. The molecule has 0 saturated heterocycles. The van der Waals surface area contributed by atoms with Gasteiger partial charge in [-0.3, -0.25) is 14.4 Å². The Balaban J connectivity index is 0.993. The molecule has 14 nitrogen and oxygen atoms in total. The van der Waals surface area contributed by atoms with Crippen molar-refractivity contribution in [1.82, 2.24) is 20.6 Å². The van der Waals surface area contributed by atoms with E-state index in [2.05, 4.69) is 31.2 Å². The fraction of sp³-hybridized carbons (Fsp3) is 0.0732. The maximum Gasteiger partial charge on any atom is 0.336 e. The second-order valence-corrected chi connectivity index (χ2v) is 12.3. The molecule has 4 aromatic carbocycles. The van der Waals surface area contributed by atoms with E-state index in [9.17, 15) is 34.5 Å². The Morgan fingerprint density at radius 1 is 0.727 bits per heavy atom. The number of nitrogens with one attached hydrogen (secondary N) is 4. The molecule has 0 unspecified atom stereocenters. The molecule has 1 aliphatic carbocycles. The summed E-state index contributed by atoms with van der Waals surface area (Å²) < 4.78 is 5.87. The normalized spacial score (nSPS) is 10.9. The van der Waals surface area contributed by atoms with Gasteiger partial charge in [-0.05, 0) is 83.9 Å². The first-order valence-corrected chi connectivity index (χ1v) is 17.0. The highest BCUT2D eigenvalue weighted by Crippen LogP contribution is 2.42.